The second-order valence-corrected chi connectivity index (χ2v) is 3.93. The van der Waals surface area contributed by atoms with E-state index in [-0.39, 0.29) is 4.05 Å². The molecule has 0 aromatic rings. The van der Waals surface area contributed by atoms with E-state index in [1.165, 1.54) is 5.01 Å². The maximum atomic E-state index is 10.2. The molecule has 0 aliphatic rings. The molecule has 0 N–H and O–H groups in total. The van der Waals surface area contributed by atoms with E-state index in [9.17, 15) is 4.91 Å². The van der Waals surface area contributed by atoms with E-state index in [1.54, 1.807) is 14.2 Å². The Labute approximate surface area is 86.7 Å². The molecule has 0 heterocycles. The maximum absolute atomic E-state index is 10.2. The summed E-state index contributed by atoms with van der Waals surface area (Å²) >= 11 is 2.21. The second-order valence-electron chi connectivity index (χ2n) is 2.65. The Hall–Kier alpha value is 0.0900. The van der Waals surface area contributed by atoms with Gasteiger partial charge in [0.25, 0.3) is 0 Å². The normalized spacial score (nSPS) is 15.3. The van der Waals surface area contributed by atoms with Crippen LogP contribution in [-0.4, -0.2) is 29.8 Å². The lowest BCUT2D eigenvalue weighted by Gasteiger charge is -2.24. The Kier molecular flexibility index (Phi) is 6.64. The molecule has 0 radical (unpaired) electrons. The minimum atomic E-state index is 0.116. The van der Waals surface area contributed by atoms with E-state index >= 15 is 0 Å². The number of hydrogen-bond acceptors (Lipinski definition) is 3. The number of nitrogens with zero attached hydrogens (tertiary/aromatic N) is 2. The summed E-state index contributed by atoms with van der Waals surface area (Å²) in [5.74, 6) is 0.360. The predicted octanol–water partition coefficient (Wildman–Crippen LogP) is 2.03. The number of rotatable bonds is 6. The molecule has 0 aliphatic heterocycles. The van der Waals surface area contributed by atoms with E-state index in [1.807, 2.05) is 0 Å². The highest BCUT2D eigenvalue weighted by Crippen LogP contribution is 2.20. The van der Waals surface area contributed by atoms with Crippen molar-refractivity contribution in [2.75, 3.05) is 20.8 Å². The lowest BCUT2D eigenvalue weighted by molar-refractivity contribution is 0.121. The molecule has 0 spiro atoms. The number of ether oxygens (including phenoxy) is 1. The summed E-state index contributed by atoms with van der Waals surface area (Å²) in [6.45, 7) is 2.75. The van der Waals surface area contributed by atoms with Gasteiger partial charge in [-0.1, -0.05) is 29.5 Å². The molecule has 0 fully saturated rings. The first-order valence-electron chi connectivity index (χ1n) is 3.86. The van der Waals surface area contributed by atoms with Gasteiger partial charge in [-0.2, -0.15) is 0 Å². The number of nitroso groups, excluding NO2 is 1. The number of methoxy groups -OCH3 is 1. The van der Waals surface area contributed by atoms with Gasteiger partial charge in [-0.25, -0.2) is 0 Å². The standard InChI is InChI=1S/C7H15IN2O2/c1-4-6(5-12-3)7(8)10(2)9-11/h6-7H,4-5H2,1-3H3/t6-,7?/m1/s1. The minimum absolute atomic E-state index is 0.116. The van der Waals surface area contributed by atoms with Crippen LogP contribution >= 0.6 is 22.6 Å². The molecule has 72 valence electrons. The fourth-order valence-corrected chi connectivity index (χ4v) is 1.77. The van der Waals surface area contributed by atoms with Gasteiger partial charge in [0.2, 0.25) is 0 Å². The van der Waals surface area contributed by atoms with Crippen molar-refractivity contribution in [1.82, 2.24) is 5.01 Å². The molecule has 4 nitrogen and oxygen atoms in total. The maximum Gasteiger partial charge on any atom is 0.106 e. The molecule has 0 saturated heterocycles. The van der Waals surface area contributed by atoms with Crippen LogP contribution in [0, 0.1) is 10.8 Å². The molecule has 0 aromatic heterocycles. The van der Waals surface area contributed by atoms with E-state index in [0.717, 1.165) is 6.42 Å². The first kappa shape index (κ1) is 12.1. The molecule has 0 aliphatic carbocycles. The van der Waals surface area contributed by atoms with Gasteiger partial charge in [-0.3, -0.25) is 5.01 Å². The summed E-state index contributed by atoms with van der Waals surface area (Å²) < 4.78 is 5.15. The van der Waals surface area contributed by atoms with Gasteiger partial charge < -0.3 is 4.74 Å². The van der Waals surface area contributed by atoms with Crippen molar-refractivity contribution in [2.45, 2.75) is 17.4 Å². The van der Waals surface area contributed by atoms with Crippen molar-refractivity contribution in [2.24, 2.45) is 11.2 Å². The van der Waals surface area contributed by atoms with Crippen molar-refractivity contribution in [3.8, 4) is 0 Å². The Morgan fingerprint density at radius 3 is 2.58 bits per heavy atom. The van der Waals surface area contributed by atoms with Gasteiger partial charge in [-0.15, -0.1) is 4.91 Å². The highest BCUT2D eigenvalue weighted by Gasteiger charge is 2.20. The van der Waals surface area contributed by atoms with Gasteiger partial charge in [-0.05, 0) is 6.42 Å². The van der Waals surface area contributed by atoms with E-state index < -0.39 is 0 Å². The quantitative estimate of drug-likeness (QED) is 0.247. The zero-order valence-electron chi connectivity index (χ0n) is 7.66. The summed E-state index contributed by atoms with van der Waals surface area (Å²) in [6, 6.07) is 0. The Balaban J connectivity index is 4.00. The third-order valence-electron chi connectivity index (χ3n) is 1.78. The van der Waals surface area contributed by atoms with Crippen LogP contribution in [0.4, 0.5) is 0 Å². The van der Waals surface area contributed by atoms with Crippen LogP contribution in [0.5, 0.6) is 0 Å². The summed E-state index contributed by atoms with van der Waals surface area (Å²) in [5.41, 5.74) is 0. The lowest BCUT2D eigenvalue weighted by atomic mass is 10.1. The number of hydrogen-bond donors (Lipinski definition) is 0. The highest BCUT2D eigenvalue weighted by molar-refractivity contribution is 14.1. The molecular formula is C7H15IN2O2. The van der Waals surface area contributed by atoms with Gasteiger partial charge in [0.05, 0.1) is 11.9 Å². The topological polar surface area (TPSA) is 41.9 Å². The molecule has 1 unspecified atom stereocenters. The molecule has 0 saturated carbocycles. The molecule has 0 amide bonds. The van der Waals surface area contributed by atoms with Crippen LogP contribution < -0.4 is 0 Å². The molecular weight excluding hydrogens is 271 g/mol. The summed E-state index contributed by atoms with van der Waals surface area (Å²) in [5, 5.41) is 4.28. The first-order chi connectivity index (χ1) is 5.67. The summed E-state index contributed by atoms with van der Waals surface area (Å²) in [6.07, 6.45) is 0.987. The average molecular weight is 286 g/mol. The van der Waals surface area contributed by atoms with Crippen LogP contribution in [0.3, 0.4) is 0 Å². The zero-order chi connectivity index (χ0) is 9.56. The van der Waals surface area contributed by atoms with E-state index in [4.69, 9.17) is 4.74 Å². The fraction of sp³-hybridized carbons (Fsp3) is 1.00. The van der Waals surface area contributed by atoms with Crippen molar-refractivity contribution < 1.29 is 4.74 Å². The highest BCUT2D eigenvalue weighted by atomic mass is 127. The lowest BCUT2D eigenvalue weighted by Crippen LogP contribution is -2.31. The Bertz CT molecular complexity index is 135. The van der Waals surface area contributed by atoms with Crippen LogP contribution in [0.15, 0.2) is 5.29 Å². The van der Waals surface area contributed by atoms with Crippen molar-refractivity contribution in [3.05, 3.63) is 4.91 Å². The third-order valence-corrected chi connectivity index (χ3v) is 3.60. The molecule has 0 rings (SSSR count). The van der Waals surface area contributed by atoms with Crippen LogP contribution in [0.25, 0.3) is 0 Å². The molecule has 12 heavy (non-hydrogen) atoms. The van der Waals surface area contributed by atoms with Crippen molar-refractivity contribution in [1.29, 1.82) is 0 Å². The van der Waals surface area contributed by atoms with Gasteiger partial charge >= 0.3 is 0 Å². The molecule has 0 bridgehead atoms. The third kappa shape index (κ3) is 3.66. The zero-order valence-corrected chi connectivity index (χ0v) is 9.82. The summed E-state index contributed by atoms with van der Waals surface area (Å²) in [7, 11) is 3.35. The van der Waals surface area contributed by atoms with E-state index in [0.29, 0.717) is 12.5 Å². The first-order valence-corrected chi connectivity index (χ1v) is 5.11. The summed E-state index contributed by atoms with van der Waals surface area (Å²) in [4.78, 5) is 10.2. The molecule has 5 heteroatoms. The van der Waals surface area contributed by atoms with Gasteiger partial charge in [0, 0.05) is 20.1 Å². The minimum Gasteiger partial charge on any atom is -0.384 e. The van der Waals surface area contributed by atoms with E-state index in [2.05, 4.69) is 34.8 Å². The molecule has 2 atom stereocenters. The Morgan fingerprint density at radius 1 is 1.67 bits per heavy atom. The van der Waals surface area contributed by atoms with Crippen molar-refractivity contribution in [3.63, 3.8) is 0 Å². The van der Waals surface area contributed by atoms with Crippen LogP contribution in [0.1, 0.15) is 13.3 Å². The van der Waals surface area contributed by atoms with Crippen LogP contribution in [-0.2, 0) is 4.74 Å². The van der Waals surface area contributed by atoms with Gasteiger partial charge in [0.15, 0.2) is 0 Å². The second kappa shape index (κ2) is 6.59. The van der Waals surface area contributed by atoms with Crippen LogP contribution in [0.2, 0.25) is 0 Å². The smallest absolute Gasteiger partial charge is 0.106 e. The number of alkyl halides is 1. The predicted molar refractivity (Wildman–Crippen MR) is 57.0 cm³/mol. The average Bonchev–Trinajstić information content (AvgIpc) is 2.11. The monoisotopic (exact) mass is 286 g/mol. The Morgan fingerprint density at radius 2 is 2.25 bits per heavy atom. The molecule has 0 aromatic carbocycles. The fourth-order valence-electron chi connectivity index (χ4n) is 0.956. The largest absolute Gasteiger partial charge is 0.384 e. The van der Waals surface area contributed by atoms with Gasteiger partial charge in [0.1, 0.15) is 4.05 Å². The van der Waals surface area contributed by atoms with Crippen molar-refractivity contribution >= 4 is 22.6 Å². The number of halogens is 1. The SMILES string of the molecule is CC[C@H](COC)C(I)N(C)N=O.